The number of fused-ring (bicyclic) bond motifs is 2. The van der Waals surface area contributed by atoms with Crippen LogP contribution in [-0.4, -0.2) is 32.6 Å². The highest BCUT2D eigenvalue weighted by molar-refractivity contribution is 6.32. The van der Waals surface area contributed by atoms with Crippen molar-refractivity contribution in [2.45, 2.75) is 38.6 Å². The third-order valence-electron chi connectivity index (χ3n) is 6.06. The van der Waals surface area contributed by atoms with Crippen LogP contribution in [0.5, 0.6) is 0 Å². The van der Waals surface area contributed by atoms with E-state index in [0.29, 0.717) is 18.0 Å². The molecule has 4 aromatic rings. The van der Waals surface area contributed by atoms with Crippen molar-refractivity contribution in [3.63, 3.8) is 0 Å². The zero-order valence-corrected chi connectivity index (χ0v) is 17.6. The molecule has 0 aliphatic carbocycles. The molecule has 0 unspecified atom stereocenters. The van der Waals surface area contributed by atoms with E-state index >= 15 is 0 Å². The zero-order chi connectivity index (χ0) is 20.7. The van der Waals surface area contributed by atoms with E-state index in [4.69, 9.17) is 16.0 Å². The minimum Gasteiger partial charge on any atom is -0.423 e. The molecule has 4 heterocycles. The van der Waals surface area contributed by atoms with Gasteiger partial charge in [0.15, 0.2) is 5.65 Å². The molecular formula is C23H23ClN4O2. The number of pyridine rings is 1. The van der Waals surface area contributed by atoms with Crippen molar-refractivity contribution in [3.05, 3.63) is 75.0 Å². The minimum absolute atomic E-state index is 0.313. The van der Waals surface area contributed by atoms with Crippen molar-refractivity contribution >= 4 is 28.2 Å². The molecule has 6 nitrogen and oxygen atoms in total. The molecular weight excluding hydrogens is 400 g/mol. The minimum atomic E-state index is -0.313. The van der Waals surface area contributed by atoms with Crippen LogP contribution in [0.25, 0.3) is 16.6 Å². The number of benzene rings is 1. The molecule has 0 atom stereocenters. The van der Waals surface area contributed by atoms with Crippen LogP contribution >= 0.6 is 11.6 Å². The Labute approximate surface area is 179 Å². The molecule has 0 saturated carbocycles. The van der Waals surface area contributed by atoms with Gasteiger partial charge in [-0.1, -0.05) is 24.6 Å². The lowest BCUT2D eigenvalue weighted by Crippen LogP contribution is -2.33. The first kappa shape index (κ1) is 19.3. The number of likely N-dealkylation sites (tertiary alicyclic amines) is 1. The van der Waals surface area contributed by atoms with Gasteiger partial charge < -0.3 is 4.42 Å². The first-order valence-corrected chi connectivity index (χ1v) is 10.8. The quantitative estimate of drug-likeness (QED) is 0.455. The Hall–Kier alpha value is -2.70. The van der Waals surface area contributed by atoms with Crippen LogP contribution in [0, 0.1) is 0 Å². The summed E-state index contributed by atoms with van der Waals surface area (Å²) < 4.78 is 7.53. The van der Waals surface area contributed by atoms with Crippen molar-refractivity contribution in [2.75, 3.05) is 13.1 Å². The summed E-state index contributed by atoms with van der Waals surface area (Å²) in [6.45, 7) is 4.62. The van der Waals surface area contributed by atoms with Crippen molar-refractivity contribution in [2.24, 2.45) is 0 Å². The molecule has 1 fully saturated rings. The predicted molar refractivity (Wildman–Crippen MR) is 117 cm³/mol. The van der Waals surface area contributed by atoms with Crippen molar-refractivity contribution in [1.82, 2.24) is 19.5 Å². The number of hydrogen-bond donors (Lipinski definition) is 0. The smallest absolute Gasteiger partial charge is 0.336 e. The van der Waals surface area contributed by atoms with Gasteiger partial charge in [-0.2, -0.15) is 0 Å². The summed E-state index contributed by atoms with van der Waals surface area (Å²) in [7, 11) is 0. The average molecular weight is 423 g/mol. The first-order valence-electron chi connectivity index (χ1n) is 10.4. The van der Waals surface area contributed by atoms with E-state index in [1.807, 2.05) is 43.5 Å². The largest absolute Gasteiger partial charge is 0.423 e. The summed E-state index contributed by atoms with van der Waals surface area (Å²) in [5.41, 5.74) is 3.15. The number of hydrogen-bond acceptors (Lipinski definition) is 5. The molecule has 0 N–H and O–H groups in total. The Morgan fingerprint density at radius 1 is 1.13 bits per heavy atom. The van der Waals surface area contributed by atoms with Gasteiger partial charge in [0.1, 0.15) is 11.4 Å². The van der Waals surface area contributed by atoms with Gasteiger partial charge in [0.25, 0.3) is 0 Å². The number of halogens is 1. The first-order chi connectivity index (χ1) is 14.6. The molecule has 3 aromatic heterocycles. The van der Waals surface area contributed by atoms with Crippen LogP contribution in [0.15, 0.2) is 51.8 Å². The second-order valence-corrected chi connectivity index (χ2v) is 8.33. The highest BCUT2D eigenvalue weighted by Crippen LogP contribution is 2.30. The predicted octanol–water partition coefficient (Wildman–Crippen LogP) is 4.43. The fourth-order valence-electron chi connectivity index (χ4n) is 4.42. The van der Waals surface area contributed by atoms with Gasteiger partial charge in [-0.3, -0.25) is 9.30 Å². The highest BCUT2D eigenvalue weighted by atomic mass is 35.5. The summed E-state index contributed by atoms with van der Waals surface area (Å²) in [6.07, 6.45) is 4.85. The lowest BCUT2D eigenvalue weighted by molar-refractivity contribution is 0.201. The van der Waals surface area contributed by atoms with Crippen LogP contribution in [0.1, 0.15) is 42.6 Å². The van der Waals surface area contributed by atoms with Gasteiger partial charge in [-0.15, -0.1) is 10.2 Å². The third kappa shape index (κ3) is 3.50. The summed E-state index contributed by atoms with van der Waals surface area (Å²) in [5.74, 6) is 1.42. The Morgan fingerprint density at radius 3 is 2.77 bits per heavy atom. The van der Waals surface area contributed by atoms with Crippen LogP contribution in [0.4, 0.5) is 0 Å². The Bertz CT molecular complexity index is 1270. The number of aromatic nitrogens is 3. The molecule has 0 amide bonds. The standard InChI is InChI=1S/C23H23ClN4O2/c1-2-15-11-20-18(13-19(15)24)17(12-22(29)30-20)14-27-9-6-16(7-10-27)23-26-25-21-5-3-4-8-28(21)23/h3-5,8,11-13,16H,2,6-7,9-10,14H2,1H3. The topological polar surface area (TPSA) is 63.6 Å². The monoisotopic (exact) mass is 422 g/mol. The third-order valence-corrected chi connectivity index (χ3v) is 6.42. The maximum absolute atomic E-state index is 12.1. The Balaban J connectivity index is 1.36. The zero-order valence-electron chi connectivity index (χ0n) is 16.8. The number of rotatable bonds is 4. The van der Waals surface area contributed by atoms with E-state index in [-0.39, 0.29) is 5.63 Å². The lowest BCUT2D eigenvalue weighted by atomic mass is 9.95. The Kier molecular flexibility index (Phi) is 5.05. The van der Waals surface area contributed by atoms with E-state index in [1.165, 1.54) is 0 Å². The summed E-state index contributed by atoms with van der Waals surface area (Å²) in [4.78, 5) is 14.5. The fraction of sp³-hybridized carbons (Fsp3) is 0.348. The van der Waals surface area contributed by atoms with Gasteiger partial charge >= 0.3 is 5.63 Å². The molecule has 30 heavy (non-hydrogen) atoms. The normalized spacial score (nSPS) is 15.9. The molecule has 1 aliphatic heterocycles. The van der Waals surface area contributed by atoms with Gasteiger partial charge in [0, 0.05) is 35.1 Å². The fourth-order valence-corrected chi connectivity index (χ4v) is 4.72. The second kappa shape index (κ2) is 7.85. The van der Waals surface area contributed by atoms with Crippen molar-refractivity contribution in [1.29, 1.82) is 0 Å². The average Bonchev–Trinajstić information content (AvgIpc) is 3.18. The molecule has 1 aliphatic rings. The van der Waals surface area contributed by atoms with Gasteiger partial charge in [-0.25, -0.2) is 4.79 Å². The number of piperidine rings is 1. The van der Waals surface area contributed by atoms with Crippen LogP contribution in [-0.2, 0) is 13.0 Å². The number of nitrogens with zero attached hydrogens (tertiary/aromatic N) is 4. The molecule has 1 aromatic carbocycles. The molecule has 0 spiro atoms. The van der Waals surface area contributed by atoms with E-state index in [0.717, 1.165) is 65.4 Å². The second-order valence-electron chi connectivity index (χ2n) is 7.92. The maximum atomic E-state index is 12.1. The van der Waals surface area contributed by atoms with Crippen molar-refractivity contribution < 1.29 is 4.42 Å². The SMILES string of the molecule is CCc1cc2oc(=O)cc(CN3CCC(c4nnc5ccccn45)CC3)c2cc1Cl. The van der Waals surface area contributed by atoms with Crippen LogP contribution < -0.4 is 5.63 Å². The maximum Gasteiger partial charge on any atom is 0.336 e. The van der Waals surface area contributed by atoms with Gasteiger partial charge in [0.05, 0.1) is 0 Å². The highest BCUT2D eigenvalue weighted by Gasteiger charge is 2.25. The summed E-state index contributed by atoms with van der Waals surface area (Å²) >= 11 is 6.43. The summed E-state index contributed by atoms with van der Waals surface area (Å²) in [6, 6.07) is 11.4. The number of aryl methyl sites for hydroxylation is 1. The molecule has 0 bridgehead atoms. The lowest BCUT2D eigenvalue weighted by Gasteiger charge is -2.31. The van der Waals surface area contributed by atoms with Crippen molar-refractivity contribution in [3.8, 4) is 0 Å². The van der Waals surface area contributed by atoms with E-state index < -0.39 is 0 Å². The van der Waals surface area contributed by atoms with E-state index in [2.05, 4.69) is 19.5 Å². The van der Waals surface area contributed by atoms with Gasteiger partial charge in [0.2, 0.25) is 0 Å². The molecule has 5 rings (SSSR count). The molecule has 7 heteroatoms. The van der Waals surface area contributed by atoms with E-state index in [9.17, 15) is 4.79 Å². The van der Waals surface area contributed by atoms with E-state index in [1.54, 1.807) is 6.07 Å². The van der Waals surface area contributed by atoms with Crippen LogP contribution in [0.2, 0.25) is 5.02 Å². The molecule has 0 radical (unpaired) electrons. The molecule has 1 saturated heterocycles. The van der Waals surface area contributed by atoms with Crippen LogP contribution in [0.3, 0.4) is 0 Å². The Morgan fingerprint density at radius 2 is 1.97 bits per heavy atom. The summed E-state index contributed by atoms with van der Waals surface area (Å²) in [5, 5.41) is 10.4. The molecule has 154 valence electrons. The van der Waals surface area contributed by atoms with Gasteiger partial charge in [-0.05, 0) is 67.7 Å².